The lowest BCUT2D eigenvalue weighted by Gasteiger charge is -2.35. The van der Waals surface area contributed by atoms with Crippen molar-refractivity contribution < 1.29 is 9.18 Å². The Hall–Kier alpha value is -1.62. The normalized spacial score (nSPS) is 17.2. The van der Waals surface area contributed by atoms with Crippen LogP contribution in [0.2, 0.25) is 0 Å². The van der Waals surface area contributed by atoms with Gasteiger partial charge in [-0.3, -0.25) is 4.79 Å². The van der Waals surface area contributed by atoms with E-state index in [4.69, 9.17) is 5.73 Å². The van der Waals surface area contributed by atoms with Gasteiger partial charge in [-0.2, -0.15) is 0 Å². The second kappa shape index (κ2) is 6.43. The molecule has 116 valence electrons. The number of rotatable bonds is 4. The SMILES string of the molecule is Cc1c(F)cc(C(N)=O)cc1NC1CCN(C(C)C)CC1. The number of anilines is 1. The van der Waals surface area contributed by atoms with E-state index in [1.165, 1.54) is 6.07 Å². The van der Waals surface area contributed by atoms with E-state index < -0.39 is 11.7 Å². The van der Waals surface area contributed by atoms with Crippen molar-refractivity contribution in [3.63, 3.8) is 0 Å². The molecule has 1 aromatic rings. The Kier molecular flexibility index (Phi) is 4.83. The van der Waals surface area contributed by atoms with E-state index in [1.54, 1.807) is 13.0 Å². The predicted octanol–water partition coefficient (Wildman–Crippen LogP) is 2.52. The van der Waals surface area contributed by atoms with Gasteiger partial charge in [-0.15, -0.1) is 0 Å². The number of likely N-dealkylation sites (tertiary alicyclic amines) is 1. The van der Waals surface area contributed by atoms with Crippen LogP contribution in [0.1, 0.15) is 42.6 Å². The highest BCUT2D eigenvalue weighted by Gasteiger charge is 2.21. The lowest BCUT2D eigenvalue weighted by molar-refractivity contribution is 0.1000. The largest absolute Gasteiger partial charge is 0.382 e. The van der Waals surface area contributed by atoms with E-state index >= 15 is 0 Å². The molecule has 1 fully saturated rings. The summed E-state index contributed by atoms with van der Waals surface area (Å²) < 4.78 is 13.9. The highest BCUT2D eigenvalue weighted by atomic mass is 19.1. The average Bonchev–Trinajstić information content (AvgIpc) is 2.44. The lowest BCUT2D eigenvalue weighted by Crippen LogP contribution is -2.42. The molecule has 0 spiro atoms. The van der Waals surface area contributed by atoms with Crippen LogP contribution in [0, 0.1) is 12.7 Å². The van der Waals surface area contributed by atoms with E-state index in [0.717, 1.165) is 25.9 Å². The molecular weight excluding hydrogens is 269 g/mol. The molecule has 5 heteroatoms. The molecule has 1 aliphatic heterocycles. The van der Waals surface area contributed by atoms with Crippen LogP contribution in [-0.4, -0.2) is 36.0 Å². The summed E-state index contributed by atoms with van der Waals surface area (Å²) >= 11 is 0. The predicted molar refractivity (Wildman–Crippen MR) is 83.0 cm³/mol. The van der Waals surface area contributed by atoms with E-state index in [0.29, 0.717) is 23.3 Å². The Balaban J connectivity index is 2.08. The maximum atomic E-state index is 13.9. The zero-order chi connectivity index (χ0) is 15.6. The number of primary amides is 1. The Morgan fingerprint density at radius 3 is 2.52 bits per heavy atom. The Labute approximate surface area is 125 Å². The van der Waals surface area contributed by atoms with Crippen molar-refractivity contribution in [2.75, 3.05) is 18.4 Å². The molecule has 1 saturated heterocycles. The van der Waals surface area contributed by atoms with Gasteiger partial charge in [-0.25, -0.2) is 4.39 Å². The summed E-state index contributed by atoms with van der Waals surface area (Å²) in [5, 5.41) is 3.37. The molecule has 0 atom stereocenters. The summed E-state index contributed by atoms with van der Waals surface area (Å²) in [4.78, 5) is 13.7. The minimum Gasteiger partial charge on any atom is -0.382 e. The van der Waals surface area contributed by atoms with Crippen LogP contribution in [0.4, 0.5) is 10.1 Å². The quantitative estimate of drug-likeness (QED) is 0.897. The van der Waals surface area contributed by atoms with Crippen molar-refractivity contribution in [1.82, 2.24) is 4.90 Å². The van der Waals surface area contributed by atoms with Gasteiger partial charge in [-0.1, -0.05) is 0 Å². The van der Waals surface area contributed by atoms with Crippen molar-refractivity contribution in [1.29, 1.82) is 0 Å². The Morgan fingerprint density at radius 1 is 1.38 bits per heavy atom. The summed E-state index contributed by atoms with van der Waals surface area (Å²) in [6.45, 7) is 8.18. The summed E-state index contributed by atoms with van der Waals surface area (Å²) in [6, 6.07) is 3.71. The van der Waals surface area contributed by atoms with Gasteiger partial charge in [0.25, 0.3) is 0 Å². The third-order valence-electron chi connectivity index (χ3n) is 4.25. The molecular formula is C16H24FN3O. The van der Waals surface area contributed by atoms with E-state index in [2.05, 4.69) is 24.1 Å². The van der Waals surface area contributed by atoms with Crippen LogP contribution in [0.5, 0.6) is 0 Å². The first-order valence-electron chi connectivity index (χ1n) is 7.49. The number of nitrogens with zero attached hydrogens (tertiary/aromatic N) is 1. The van der Waals surface area contributed by atoms with Gasteiger partial charge in [0.05, 0.1) is 0 Å². The number of nitrogens with one attached hydrogen (secondary N) is 1. The number of hydrogen-bond donors (Lipinski definition) is 2. The van der Waals surface area contributed by atoms with Crippen LogP contribution in [0.3, 0.4) is 0 Å². The molecule has 21 heavy (non-hydrogen) atoms. The molecule has 0 saturated carbocycles. The molecule has 0 bridgehead atoms. The minimum absolute atomic E-state index is 0.209. The second-order valence-corrected chi connectivity index (χ2v) is 6.04. The second-order valence-electron chi connectivity index (χ2n) is 6.04. The van der Waals surface area contributed by atoms with Gasteiger partial charge in [0, 0.05) is 42.0 Å². The minimum atomic E-state index is -0.605. The van der Waals surface area contributed by atoms with E-state index in [1.807, 2.05) is 0 Å². The fourth-order valence-corrected chi connectivity index (χ4v) is 2.75. The zero-order valence-electron chi connectivity index (χ0n) is 12.9. The van der Waals surface area contributed by atoms with Gasteiger partial charge in [0.1, 0.15) is 5.82 Å². The van der Waals surface area contributed by atoms with Gasteiger partial charge < -0.3 is 16.0 Å². The molecule has 4 nitrogen and oxygen atoms in total. The number of halogens is 1. The third-order valence-corrected chi connectivity index (χ3v) is 4.25. The number of benzene rings is 1. The van der Waals surface area contributed by atoms with Crippen molar-refractivity contribution in [2.24, 2.45) is 5.73 Å². The molecule has 0 radical (unpaired) electrons. The fraction of sp³-hybridized carbons (Fsp3) is 0.562. The zero-order valence-corrected chi connectivity index (χ0v) is 12.9. The van der Waals surface area contributed by atoms with Gasteiger partial charge >= 0.3 is 0 Å². The fourth-order valence-electron chi connectivity index (χ4n) is 2.75. The maximum Gasteiger partial charge on any atom is 0.248 e. The lowest BCUT2D eigenvalue weighted by atomic mass is 10.0. The van der Waals surface area contributed by atoms with E-state index in [9.17, 15) is 9.18 Å². The average molecular weight is 293 g/mol. The molecule has 0 aliphatic carbocycles. The highest BCUT2D eigenvalue weighted by molar-refractivity contribution is 5.94. The summed E-state index contributed by atoms with van der Waals surface area (Å²) in [5.74, 6) is -1.00. The number of hydrogen-bond acceptors (Lipinski definition) is 3. The molecule has 0 unspecified atom stereocenters. The Bertz CT molecular complexity index is 522. The number of piperidine rings is 1. The molecule has 1 heterocycles. The van der Waals surface area contributed by atoms with Crippen LogP contribution in [0.25, 0.3) is 0 Å². The van der Waals surface area contributed by atoms with Crippen molar-refractivity contribution in [3.05, 3.63) is 29.1 Å². The molecule has 1 aromatic carbocycles. The van der Waals surface area contributed by atoms with E-state index in [-0.39, 0.29) is 5.56 Å². The van der Waals surface area contributed by atoms with Gasteiger partial charge in [-0.05, 0) is 45.7 Å². The number of amides is 1. The summed E-state index contributed by atoms with van der Waals surface area (Å²) in [7, 11) is 0. The van der Waals surface area contributed by atoms with Crippen LogP contribution in [0.15, 0.2) is 12.1 Å². The molecule has 2 rings (SSSR count). The highest BCUT2D eigenvalue weighted by Crippen LogP contribution is 2.24. The van der Waals surface area contributed by atoms with Crippen molar-refractivity contribution in [2.45, 2.75) is 45.7 Å². The number of carbonyl (C=O) groups is 1. The molecule has 3 N–H and O–H groups in total. The summed E-state index contributed by atoms with van der Waals surface area (Å²) in [5.41, 5.74) is 6.66. The smallest absolute Gasteiger partial charge is 0.248 e. The van der Waals surface area contributed by atoms with Crippen LogP contribution in [-0.2, 0) is 0 Å². The van der Waals surface area contributed by atoms with Crippen molar-refractivity contribution in [3.8, 4) is 0 Å². The molecule has 1 amide bonds. The monoisotopic (exact) mass is 293 g/mol. The number of carbonyl (C=O) groups excluding carboxylic acids is 1. The maximum absolute atomic E-state index is 13.9. The first-order valence-corrected chi connectivity index (χ1v) is 7.49. The first-order chi connectivity index (χ1) is 9.88. The van der Waals surface area contributed by atoms with Gasteiger partial charge in [0.15, 0.2) is 0 Å². The first kappa shape index (κ1) is 15.8. The van der Waals surface area contributed by atoms with Crippen LogP contribution < -0.4 is 11.1 Å². The standard InChI is InChI=1S/C16H24FN3O/c1-10(2)20-6-4-13(5-7-20)19-15-9-12(16(18)21)8-14(17)11(15)3/h8-10,13,19H,4-7H2,1-3H3,(H2,18,21). The van der Waals surface area contributed by atoms with Crippen molar-refractivity contribution >= 4 is 11.6 Å². The molecule has 1 aliphatic rings. The summed E-state index contributed by atoms with van der Waals surface area (Å²) in [6.07, 6.45) is 2.03. The Morgan fingerprint density at radius 2 is 2.00 bits per heavy atom. The van der Waals surface area contributed by atoms with Crippen LogP contribution >= 0.6 is 0 Å². The van der Waals surface area contributed by atoms with Gasteiger partial charge in [0.2, 0.25) is 5.91 Å². The molecule has 0 aromatic heterocycles. The number of nitrogens with two attached hydrogens (primary N) is 1. The topological polar surface area (TPSA) is 58.4 Å². The third kappa shape index (κ3) is 3.73.